The van der Waals surface area contributed by atoms with E-state index in [4.69, 9.17) is 4.74 Å². The van der Waals surface area contributed by atoms with E-state index in [0.29, 0.717) is 18.2 Å². The number of rotatable bonds is 5. The SMILES string of the molecule is CN1CCC(CNC(=O)COc2ccc(F)cc2)CC1. The van der Waals surface area contributed by atoms with Crippen molar-refractivity contribution in [3.05, 3.63) is 30.1 Å². The van der Waals surface area contributed by atoms with E-state index in [2.05, 4.69) is 17.3 Å². The van der Waals surface area contributed by atoms with Crippen LogP contribution in [0.25, 0.3) is 0 Å². The van der Waals surface area contributed by atoms with Gasteiger partial charge in [0.1, 0.15) is 11.6 Å². The van der Waals surface area contributed by atoms with Crippen LogP contribution in [0.3, 0.4) is 0 Å². The fraction of sp³-hybridized carbons (Fsp3) is 0.533. The maximum atomic E-state index is 12.7. The van der Waals surface area contributed by atoms with Crippen LogP contribution in [0.2, 0.25) is 0 Å². The van der Waals surface area contributed by atoms with Gasteiger partial charge < -0.3 is 15.0 Å². The zero-order chi connectivity index (χ0) is 14.4. The molecule has 0 radical (unpaired) electrons. The standard InChI is InChI=1S/C15H21FN2O2/c1-18-8-6-12(7-9-18)10-17-15(19)11-20-14-4-2-13(16)3-5-14/h2-5,12H,6-11H2,1H3,(H,17,19). The van der Waals surface area contributed by atoms with Gasteiger partial charge in [-0.2, -0.15) is 0 Å². The Kier molecular flexibility index (Phi) is 5.35. The summed E-state index contributed by atoms with van der Waals surface area (Å²) in [5.41, 5.74) is 0. The summed E-state index contributed by atoms with van der Waals surface area (Å²) in [6.07, 6.45) is 2.24. The van der Waals surface area contributed by atoms with E-state index in [1.54, 1.807) is 0 Å². The lowest BCUT2D eigenvalue weighted by atomic mass is 9.97. The zero-order valence-corrected chi connectivity index (χ0v) is 11.8. The topological polar surface area (TPSA) is 41.6 Å². The van der Waals surface area contributed by atoms with Gasteiger partial charge in [0.05, 0.1) is 0 Å². The highest BCUT2D eigenvalue weighted by molar-refractivity contribution is 5.77. The third kappa shape index (κ3) is 4.81. The van der Waals surface area contributed by atoms with E-state index in [0.717, 1.165) is 25.9 Å². The molecule has 1 aliphatic heterocycles. The summed E-state index contributed by atoms with van der Waals surface area (Å²) in [5, 5.41) is 2.89. The largest absolute Gasteiger partial charge is 0.484 e. The molecule has 0 spiro atoms. The first-order valence-electron chi connectivity index (χ1n) is 6.97. The van der Waals surface area contributed by atoms with Crippen molar-refractivity contribution in [2.75, 3.05) is 33.3 Å². The van der Waals surface area contributed by atoms with Gasteiger partial charge in [0.15, 0.2) is 6.61 Å². The van der Waals surface area contributed by atoms with Gasteiger partial charge in [-0.15, -0.1) is 0 Å². The average molecular weight is 280 g/mol. The quantitative estimate of drug-likeness (QED) is 0.892. The molecule has 5 heteroatoms. The van der Waals surface area contributed by atoms with E-state index < -0.39 is 0 Å². The van der Waals surface area contributed by atoms with Crippen molar-refractivity contribution in [1.82, 2.24) is 10.2 Å². The van der Waals surface area contributed by atoms with Crippen LogP contribution in [0, 0.1) is 11.7 Å². The Hall–Kier alpha value is -1.62. The number of halogens is 1. The molecule has 110 valence electrons. The molecule has 0 unspecified atom stereocenters. The molecule has 1 N–H and O–H groups in total. The average Bonchev–Trinajstić information content (AvgIpc) is 2.46. The molecule has 4 nitrogen and oxygen atoms in total. The minimum Gasteiger partial charge on any atom is -0.484 e. The summed E-state index contributed by atoms with van der Waals surface area (Å²) in [4.78, 5) is 14.0. The molecule has 0 aromatic heterocycles. The molecule has 1 aliphatic rings. The second-order valence-corrected chi connectivity index (χ2v) is 5.29. The predicted molar refractivity (Wildman–Crippen MR) is 75.1 cm³/mol. The first kappa shape index (κ1) is 14.8. The number of piperidine rings is 1. The Balaban J connectivity index is 1.64. The zero-order valence-electron chi connectivity index (χ0n) is 11.8. The first-order chi connectivity index (χ1) is 9.63. The molecule has 1 aromatic rings. The Morgan fingerprint density at radius 2 is 2.00 bits per heavy atom. The molecule has 0 saturated carbocycles. The summed E-state index contributed by atoms with van der Waals surface area (Å²) in [6, 6.07) is 5.65. The van der Waals surface area contributed by atoms with Crippen molar-refractivity contribution in [3.8, 4) is 5.75 Å². The lowest BCUT2D eigenvalue weighted by Gasteiger charge is -2.28. The first-order valence-corrected chi connectivity index (χ1v) is 6.97. The molecule has 1 saturated heterocycles. The number of ether oxygens (including phenoxy) is 1. The highest BCUT2D eigenvalue weighted by Crippen LogP contribution is 2.14. The van der Waals surface area contributed by atoms with E-state index in [-0.39, 0.29) is 18.3 Å². The summed E-state index contributed by atoms with van der Waals surface area (Å²) in [6.45, 7) is 2.86. The van der Waals surface area contributed by atoms with Gasteiger partial charge >= 0.3 is 0 Å². The molecule has 1 fully saturated rings. The van der Waals surface area contributed by atoms with Crippen molar-refractivity contribution in [3.63, 3.8) is 0 Å². The molecule has 0 aliphatic carbocycles. The van der Waals surface area contributed by atoms with Crippen molar-refractivity contribution in [1.29, 1.82) is 0 Å². The van der Waals surface area contributed by atoms with Gasteiger partial charge in [-0.1, -0.05) is 0 Å². The third-order valence-electron chi connectivity index (χ3n) is 3.61. The Bertz CT molecular complexity index is 428. The van der Waals surface area contributed by atoms with Crippen LogP contribution in [-0.2, 0) is 4.79 Å². The fourth-order valence-electron chi connectivity index (χ4n) is 2.26. The lowest BCUT2D eigenvalue weighted by Crippen LogP contribution is -2.38. The second kappa shape index (κ2) is 7.24. The van der Waals surface area contributed by atoms with Gasteiger partial charge in [0, 0.05) is 6.54 Å². The summed E-state index contributed by atoms with van der Waals surface area (Å²) >= 11 is 0. The van der Waals surface area contributed by atoms with E-state index in [1.165, 1.54) is 24.3 Å². The summed E-state index contributed by atoms with van der Waals surface area (Å²) in [7, 11) is 2.12. The maximum Gasteiger partial charge on any atom is 0.257 e. The molecule has 1 aromatic carbocycles. The van der Waals surface area contributed by atoms with Crippen molar-refractivity contribution < 1.29 is 13.9 Å². The molecule has 0 atom stereocenters. The van der Waals surface area contributed by atoms with Gasteiger partial charge in [-0.3, -0.25) is 4.79 Å². The van der Waals surface area contributed by atoms with E-state index in [1.807, 2.05) is 0 Å². The molecule has 20 heavy (non-hydrogen) atoms. The van der Waals surface area contributed by atoms with Crippen molar-refractivity contribution in [2.24, 2.45) is 5.92 Å². The van der Waals surface area contributed by atoms with Gasteiger partial charge in [0.25, 0.3) is 5.91 Å². The number of carbonyl (C=O) groups is 1. The van der Waals surface area contributed by atoms with Crippen LogP contribution >= 0.6 is 0 Å². The highest BCUT2D eigenvalue weighted by atomic mass is 19.1. The maximum absolute atomic E-state index is 12.7. The number of likely N-dealkylation sites (tertiary alicyclic amines) is 1. The summed E-state index contributed by atoms with van der Waals surface area (Å²) in [5.74, 6) is 0.610. The fourth-order valence-corrected chi connectivity index (χ4v) is 2.26. The molecule has 2 rings (SSSR count). The Morgan fingerprint density at radius 1 is 1.35 bits per heavy atom. The minimum absolute atomic E-state index is 0.0295. The molecule has 0 bridgehead atoms. The molecule has 1 amide bonds. The second-order valence-electron chi connectivity index (χ2n) is 5.29. The minimum atomic E-state index is -0.316. The number of carbonyl (C=O) groups excluding carboxylic acids is 1. The Labute approximate surface area is 118 Å². The van der Waals surface area contributed by atoms with Gasteiger partial charge in [-0.25, -0.2) is 4.39 Å². The molecular formula is C15H21FN2O2. The molecule has 1 heterocycles. The van der Waals surface area contributed by atoms with E-state index >= 15 is 0 Å². The summed E-state index contributed by atoms with van der Waals surface area (Å²) < 4.78 is 18.0. The van der Waals surface area contributed by atoms with Gasteiger partial charge in [0.2, 0.25) is 0 Å². The van der Waals surface area contributed by atoms with Crippen LogP contribution in [0.4, 0.5) is 4.39 Å². The highest BCUT2D eigenvalue weighted by Gasteiger charge is 2.17. The van der Waals surface area contributed by atoms with Crippen LogP contribution in [0.15, 0.2) is 24.3 Å². The number of nitrogens with one attached hydrogen (secondary N) is 1. The van der Waals surface area contributed by atoms with Crippen molar-refractivity contribution >= 4 is 5.91 Å². The van der Waals surface area contributed by atoms with Crippen LogP contribution < -0.4 is 10.1 Å². The smallest absolute Gasteiger partial charge is 0.257 e. The van der Waals surface area contributed by atoms with Gasteiger partial charge in [-0.05, 0) is 63.2 Å². The third-order valence-corrected chi connectivity index (χ3v) is 3.61. The molecular weight excluding hydrogens is 259 g/mol. The number of amides is 1. The van der Waals surface area contributed by atoms with E-state index in [9.17, 15) is 9.18 Å². The Morgan fingerprint density at radius 3 is 2.65 bits per heavy atom. The van der Waals surface area contributed by atoms with Crippen LogP contribution in [0.1, 0.15) is 12.8 Å². The normalized spacial score (nSPS) is 16.9. The van der Waals surface area contributed by atoms with Crippen molar-refractivity contribution in [2.45, 2.75) is 12.8 Å². The van der Waals surface area contributed by atoms with Crippen LogP contribution in [-0.4, -0.2) is 44.1 Å². The van der Waals surface area contributed by atoms with Crippen LogP contribution in [0.5, 0.6) is 5.75 Å². The lowest BCUT2D eigenvalue weighted by molar-refractivity contribution is -0.123. The predicted octanol–water partition coefficient (Wildman–Crippen LogP) is 1.66. The number of hydrogen-bond donors (Lipinski definition) is 1. The number of hydrogen-bond acceptors (Lipinski definition) is 3. The monoisotopic (exact) mass is 280 g/mol. The number of benzene rings is 1. The number of nitrogens with zero attached hydrogens (tertiary/aromatic N) is 1.